The SMILES string of the molecule is CC(CO)N1CCCN(C(=O)c2cnc3c(c2)ncn3C)CC1. The number of nitrogens with zero attached hydrogens (tertiary/aromatic N) is 5. The second-order valence-corrected chi connectivity index (χ2v) is 6.14. The number of carbonyl (C=O) groups is 1. The first kappa shape index (κ1) is 15.9. The number of aromatic nitrogens is 3. The molecule has 2 aromatic rings. The molecule has 0 aliphatic carbocycles. The molecule has 124 valence electrons. The van der Waals surface area contributed by atoms with Crippen LogP contribution >= 0.6 is 0 Å². The van der Waals surface area contributed by atoms with Crippen LogP contribution in [0, 0.1) is 0 Å². The molecule has 0 spiro atoms. The Balaban J connectivity index is 1.73. The molecule has 1 aliphatic rings. The van der Waals surface area contributed by atoms with Crippen molar-refractivity contribution in [2.45, 2.75) is 19.4 Å². The molecule has 0 radical (unpaired) electrons. The van der Waals surface area contributed by atoms with Crippen LogP contribution in [0.5, 0.6) is 0 Å². The van der Waals surface area contributed by atoms with Gasteiger partial charge in [-0.25, -0.2) is 9.97 Å². The largest absolute Gasteiger partial charge is 0.395 e. The monoisotopic (exact) mass is 317 g/mol. The van der Waals surface area contributed by atoms with Crippen molar-refractivity contribution in [1.29, 1.82) is 0 Å². The summed E-state index contributed by atoms with van der Waals surface area (Å²) in [5.74, 6) is 0.00329. The lowest BCUT2D eigenvalue weighted by Crippen LogP contribution is -2.39. The van der Waals surface area contributed by atoms with Gasteiger partial charge in [-0.1, -0.05) is 0 Å². The highest BCUT2D eigenvalue weighted by Crippen LogP contribution is 2.14. The standard InChI is InChI=1S/C16H23N5O2/c1-12(10-22)20-4-3-5-21(7-6-20)16(23)13-8-14-15(17-9-13)19(2)11-18-14/h8-9,11-12,22H,3-7,10H2,1-2H3. The van der Waals surface area contributed by atoms with Crippen molar-refractivity contribution >= 4 is 17.1 Å². The third kappa shape index (κ3) is 3.20. The second kappa shape index (κ2) is 6.64. The van der Waals surface area contributed by atoms with Crippen LogP contribution in [0.25, 0.3) is 11.2 Å². The summed E-state index contributed by atoms with van der Waals surface area (Å²) < 4.78 is 1.84. The van der Waals surface area contributed by atoms with Gasteiger partial charge in [-0.15, -0.1) is 0 Å². The molecule has 7 heteroatoms. The topological polar surface area (TPSA) is 74.5 Å². The lowest BCUT2D eigenvalue weighted by molar-refractivity contribution is 0.0754. The number of aliphatic hydroxyl groups is 1. The van der Waals surface area contributed by atoms with E-state index < -0.39 is 0 Å². The molecule has 3 rings (SSSR count). The number of amides is 1. The first-order valence-corrected chi connectivity index (χ1v) is 8.01. The van der Waals surface area contributed by atoms with Gasteiger partial charge in [0.2, 0.25) is 0 Å². The smallest absolute Gasteiger partial charge is 0.255 e. The average molecular weight is 317 g/mol. The number of carbonyl (C=O) groups excluding carboxylic acids is 1. The molecule has 1 fully saturated rings. The molecule has 1 saturated heterocycles. The number of hydrogen-bond donors (Lipinski definition) is 1. The Hall–Kier alpha value is -1.99. The van der Waals surface area contributed by atoms with Crippen LogP contribution in [0.2, 0.25) is 0 Å². The number of fused-ring (bicyclic) bond motifs is 1. The molecule has 1 unspecified atom stereocenters. The molecule has 1 N–H and O–H groups in total. The summed E-state index contributed by atoms with van der Waals surface area (Å²) in [5, 5.41) is 9.30. The lowest BCUT2D eigenvalue weighted by atomic mass is 10.2. The maximum atomic E-state index is 12.7. The number of pyridine rings is 1. The van der Waals surface area contributed by atoms with Gasteiger partial charge in [0.1, 0.15) is 5.52 Å². The summed E-state index contributed by atoms with van der Waals surface area (Å²) in [6.45, 7) is 5.25. The van der Waals surface area contributed by atoms with E-state index in [2.05, 4.69) is 14.9 Å². The predicted molar refractivity (Wildman–Crippen MR) is 87.2 cm³/mol. The fourth-order valence-corrected chi connectivity index (χ4v) is 3.01. The van der Waals surface area contributed by atoms with E-state index in [1.807, 2.05) is 29.5 Å². The fraction of sp³-hybridized carbons (Fsp3) is 0.562. The van der Waals surface area contributed by atoms with Crippen molar-refractivity contribution in [1.82, 2.24) is 24.3 Å². The molecule has 0 saturated carbocycles. The summed E-state index contributed by atoms with van der Waals surface area (Å²) in [6.07, 6.45) is 4.24. The van der Waals surface area contributed by atoms with E-state index >= 15 is 0 Å². The lowest BCUT2D eigenvalue weighted by Gasteiger charge is -2.26. The Morgan fingerprint density at radius 1 is 1.30 bits per heavy atom. The van der Waals surface area contributed by atoms with Gasteiger partial charge in [0.25, 0.3) is 5.91 Å². The molecule has 0 bridgehead atoms. The van der Waals surface area contributed by atoms with Crippen molar-refractivity contribution in [3.63, 3.8) is 0 Å². The predicted octanol–water partition coefficient (Wildman–Crippen LogP) is 0.497. The Bertz CT molecular complexity index is 699. The van der Waals surface area contributed by atoms with E-state index in [1.54, 1.807) is 12.5 Å². The van der Waals surface area contributed by atoms with Crippen molar-refractivity contribution in [2.75, 3.05) is 32.8 Å². The molecule has 1 atom stereocenters. The van der Waals surface area contributed by atoms with Crippen LogP contribution in [0.15, 0.2) is 18.6 Å². The van der Waals surface area contributed by atoms with E-state index in [0.717, 1.165) is 37.2 Å². The summed E-state index contributed by atoms with van der Waals surface area (Å²) in [5.41, 5.74) is 2.10. The van der Waals surface area contributed by atoms with Gasteiger partial charge in [0, 0.05) is 45.5 Å². The van der Waals surface area contributed by atoms with Crippen LogP contribution in [-0.4, -0.2) is 74.2 Å². The number of imidazole rings is 1. The van der Waals surface area contributed by atoms with Gasteiger partial charge in [-0.3, -0.25) is 9.69 Å². The molecule has 1 amide bonds. The van der Waals surface area contributed by atoms with Crippen molar-refractivity contribution in [3.8, 4) is 0 Å². The summed E-state index contributed by atoms with van der Waals surface area (Å²) >= 11 is 0. The van der Waals surface area contributed by atoms with Crippen LogP contribution in [0.3, 0.4) is 0 Å². The van der Waals surface area contributed by atoms with Crippen LogP contribution < -0.4 is 0 Å². The van der Waals surface area contributed by atoms with Gasteiger partial charge >= 0.3 is 0 Å². The quantitative estimate of drug-likeness (QED) is 0.892. The minimum atomic E-state index is 0.00329. The van der Waals surface area contributed by atoms with Crippen LogP contribution in [0.1, 0.15) is 23.7 Å². The van der Waals surface area contributed by atoms with E-state index in [0.29, 0.717) is 12.1 Å². The number of aryl methyl sites for hydroxylation is 1. The van der Waals surface area contributed by atoms with Gasteiger partial charge in [0.15, 0.2) is 5.65 Å². The first-order valence-electron chi connectivity index (χ1n) is 8.01. The summed E-state index contributed by atoms with van der Waals surface area (Å²) in [7, 11) is 1.88. The zero-order valence-electron chi connectivity index (χ0n) is 13.6. The average Bonchev–Trinajstić information content (AvgIpc) is 2.79. The van der Waals surface area contributed by atoms with Crippen LogP contribution in [-0.2, 0) is 7.05 Å². The Labute approximate surface area is 135 Å². The third-order valence-corrected chi connectivity index (χ3v) is 4.50. The van der Waals surface area contributed by atoms with Gasteiger partial charge < -0.3 is 14.6 Å². The summed E-state index contributed by atoms with van der Waals surface area (Å²) in [4.78, 5) is 25.4. The van der Waals surface area contributed by atoms with Gasteiger partial charge in [0.05, 0.1) is 18.5 Å². The van der Waals surface area contributed by atoms with Crippen molar-refractivity contribution < 1.29 is 9.90 Å². The summed E-state index contributed by atoms with van der Waals surface area (Å²) in [6, 6.07) is 1.94. The Morgan fingerprint density at radius 3 is 2.91 bits per heavy atom. The van der Waals surface area contributed by atoms with E-state index in [-0.39, 0.29) is 18.6 Å². The van der Waals surface area contributed by atoms with Gasteiger partial charge in [-0.2, -0.15) is 0 Å². The minimum absolute atomic E-state index is 0.00329. The highest BCUT2D eigenvalue weighted by molar-refractivity contribution is 5.96. The normalized spacial score (nSPS) is 18.1. The maximum Gasteiger partial charge on any atom is 0.255 e. The zero-order chi connectivity index (χ0) is 16.4. The molecule has 2 aromatic heterocycles. The van der Waals surface area contributed by atoms with Crippen molar-refractivity contribution in [3.05, 3.63) is 24.2 Å². The minimum Gasteiger partial charge on any atom is -0.395 e. The Morgan fingerprint density at radius 2 is 2.13 bits per heavy atom. The number of aliphatic hydroxyl groups excluding tert-OH is 1. The highest BCUT2D eigenvalue weighted by atomic mass is 16.3. The molecule has 1 aliphatic heterocycles. The molecule has 3 heterocycles. The highest BCUT2D eigenvalue weighted by Gasteiger charge is 2.23. The molecule has 7 nitrogen and oxygen atoms in total. The third-order valence-electron chi connectivity index (χ3n) is 4.50. The van der Waals surface area contributed by atoms with Gasteiger partial charge in [-0.05, 0) is 19.4 Å². The number of hydrogen-bond acceptors (Lipinski definition) is 5. The fourth-order valence-electron chi connectivity index (χ4n) is 3.01. The maximum absolute atomic E-state index is 12.7. The first-order chi connectivity index (χ1) is 11.1. The van der Waals surface area contributed by atoms with E-state index in [4.69, 9.17) is 0 Å². The second-order valence-electron chi connectivity index (χ2n) is 6.14. The number of rotatable bonds is 3. The van der Waals surface area contributed by atoms with E-state index in [9.17, 15) is 9.90 Å². The zero-order valence-corrected chi connectivity index (χ0v) is 13.6. The van der Waals surface area contributed by atoms with E-state index in [1.165, 1.54) is 0 Å². The molecular formula is C16H23N5O2. The molecule has 0 aromatic carbocycles. The Kier molecular flexibility index (Phi) is 4.58. The molecular weight excluding hydrogens is 294 g/mol. The van der Waals surface area contributed by atoms with Crippen molar-refractivity contribution in [2.24, 2.45) is 7.05 Å². The molecule has 23 heavy (non-hydrogen) atoms. The van der Waals surface area contributed by atoms with Crippen LogP contribution in [0.4, 0.5) is 0 Å².